The Hall–Kier alpha value is -1.43. The molecular formula is C14H12O3S2. The first kappa shape index (κ1) is 14.0. The normalized spacial score (nSPS) is 12.3. The maximum absolute atomic E-state index is 10.5. The predicted octanol–water partition coefficient (Wildman–Crippen LogP) is 2.85. The van der Waals surface area contributed by atoms with Crippen molar-refractivity contribution in [2.45, 2.75) is 11.9 Å². The Labute approximate surface area is 120 Å². The van der Waals surface area contributed by atoms with Crippen LogP contribution in [0, 0.1) is 0 Å². The second-order valence-electron chi connectivity index (χ2n) is 4.04. The minimum absolute atomic E-state index is 0.463. The van der Waals surface area contributed by atoms with Crippen molar-refractivity contribution < 1.29 is 15.0 Å². The number of carboxylic acid groups (broad SMARTS) is 1. The number of benzene rings is 2. The molecule has 2 N–H and O–H groups in total. The summed E-state index contributed by atoms with van der Waals surface area (Å²) in [6.45, 7) is 0. The van der Waals surface area contributed by atoms with Crippen molar-refractivity contribution in [3.8, 4) is 0 Å². The molecule has 0 bridgehead atoms. The molecule has 2 rings (SSSR count). The number of carboxylic acids is 1. The lowest BCUT2D eigenvalue weighted by Gasteiger charge is -2.07. The summed E-state index contributed by atoms with van der Waals surface area (Å²) in [5.41, 5.74) is -0.484. The maximum atomic E-state index is 10.5. The average molecular weight is 292 g/mol. The van der Waals surface area contributed by atoms with Gasteiger partial charge in [0.1, 0.15) is 0 Å². The van der Waals surface area contributed by atoms with Crippen LogP contribution in [0.1, 0.15) is 5.56 Å². The first-order chi connectivity index (χ1) is 9.06. The van der Waals surface area contributed by atoms with E-state index in [9.17, 15) is 9.90 Å². The molecule has 0 saturated heterocycles. The minimum Gasteiger partial charge on any atom is -0.479 e. The van der Waals surface area contributed by atoms with Crippen molar-refractivity contribution in [2.24, 2.45) is 0 Å². The van der Waals surface area contributed by atoms with Crippen molar-refractivity contribution in [3.05, 3.63) is 48.0 Å². The molecule has 19 heavy (non-hydrogen) atoms. The topological polar surface area (TPSA) is 57.5 Å². The second kappa shape index (κ2) is 6.14. The third-order valence-corrected chi connectivity index (χ3v) is 3.88. The third-order valence-electron chi connectivity index (χ3n) is 2.62. The monoisotopic (exact) mass is 292 g/mol. The average Bonchev–Trinajstić information content (AvgIpc) is 2.38. The van der Waals surface area contributed by atoms with Crippen molar-refractivity contribution in [3.63, 3.8) is 0 Å². The van der Waals surface area contributed by atoms with E-state index in [0.717, 1.165) is 28.1 Å². The Kier molecular flexibility index (Phi) is 4.52. The van der Waals surface area contributed by atoms with Crippen molar-refractivity contribution in [1.29, 1.82) is 0 Å². The summed E-state index contributed by atoms with van der Waals surface area (Å²) >= 11 is 5.89. The number of thiocarbonyl (C=S) groups is 1. The highest BCUT2D eigenvalue weighted by Crippen LogP contribution is 2.19. The number of carbonyl (C=O) groups is 1. The van der Waals surface area contributed by atoms with Crippen LogP contribution in [0.25, 0.3) is 10.8 Å². The molecule has 0 fully saturated rings. The van der Waals surface area contributed by atoms with Crippen LogP contribution in [0.3, 0.4) is 0 Å². The van der Waals surface area contributed by atoms with E-state index in [1.54, 1.807) is 0 Å². The predicted molar refractivity (Wildman–Crippen MR) is 81.5 cm³/mol. The first-order valence-corrected chi connectivity index (χ1v) is 6.93. The zero-order valence-electron chi connectivity index (χ0n) is 9.95. The lowest BCUT2D eigenvalue weighted by atomic mass is 10.1. The molecule has 1 atom stereocenters. The fraction of sp³-hybridized carbons (Fsp3) is 0.143. The van der Waals surface area contributed by atoms with Gasteiger partial charge in [-0.05, 0) is 16.3 Å². The van der Waals surface area contributed by atoms with Crippen LogP contribution < -0.4 is 0 Å². The smallest absolute Gasteiger partial charge is 0.343 e. The van der Waals surface area contributed by atoms with Crippen LogP contribution in [0.4, 0.5) is 0 Å². The first-order valence-electron chi connectivity index (χ1n) is 5.64. The molecule has 0 aliphatic carbocycles. The van der Waals surface area contributed by atoms with Gasteiger partial charge in [-0.1, -0.05) is 66.4 Å². The number of rotatable bonds is 4. The van der Waals surface area contributed by atoms with Gasteiger partial charge in [0.15, 0.2) is 0 Å². The Morgan fingerprint density at radius 2 is 1.89 bits per heavy atom. The summed E-state index contributed by atoms with van der Waals surface area (Å²) in [7, 11) is 0. The van der Waals surface area contributed by atoms with Crippen LogP contribution in [-0.4, -0.2) is 25.8 Å². The third kappa shape index (κ3) is 3.76. The molecule has 0 aromatic heterocycles. The van der Waals surface area contributed by atoms with Gasteiger partial charge in [0.25, 0.3) is 0 Å². The van der Waals surface area contributed by atoms with E-state index in [0.29, 0.717) is 10.6 Å². The number of hydrogen-bond donors (Lipinski definition) is 2. The Bertz CT molecular complexity index is 625. The molecular weight excluding hydrogens is 280 g/mol. The molecule has 2 aromatic rings. The number of hydrogen-bond acceptors (Lipinski definition) is 4. The molecule has 0 spiro atoms. The summed E-state index contributed by atoms with van der Waals surface area (Å²) in [5.74, 6) is -1.27. The van der Waals surface area contributed by atoms with Gasteiger partial charge in [0.05, 0.1) is 4.20 Å². The highest BCUT2D eigenvalue weighted by Gasteiger charge is 2.16. The van der Waals surface area contributed by atoms with Crippen LogP contribution in [0.5, 0.6) is 0 Å². The molecule has 0 radical (unpaired) electrons. The quantitative estimate of drug-likeness (QED) is 0.670. The van der Waals surface area contributed by atoms with Gasteiger partial charge in [-0.25, -0.2) is 4.79 Å². The summed E-state index contributed by atoms with van der Waals surface area (Å²) < 4.78 is 0.463. The molecule has 0 amide bonds. The molecule has 1 unspecified atom stereocenters. The molecule has 3 nitrogen and oxygen atoms in total. The second-order valence-corrected chi connectivity index (χ2v) is 5.96. The van der Waals surface area contributed by atoms with Gasteiger partial charge < -0.3 is 10.2 Å². The number of aliphatic hydroxyl groups is 1. The molecule has 0 aliphatic heterocycles. The summed E-state index contributed by atoms with van der Waals surface area (Å²) in [6, 6.07) is 14.0. The van der Waals surface area contributed by atoms with E-state index in [-0.39, 0.29) is 0 Å². The highest BCUT2D eigenvalue weighted by molar-refractivity contribution is 8.23. The van der Waals surface area contributed by atoms with Crippen LogP contribution in [0.15, 0.2) is 42.5 Å². The van der Waals surface area contributed by atoms with Crippen LogP contribution in [0.2, 0.25) is 0 Å². The highest BCUT2D eigenvalue weighted by atomic mass is 32.2. The zero-order valence-corrected chi connectivity index (χ0v) is 11.6. The number of aliphatic hydroxyl groups excluding tert-OH is 1. The van der Waals surface area contributed by atoms with E-state index in [2.05, 4.69) is 0 Å². The van der Waals surface area contributed by atoms with Gasteiger partial charge in [0, 0.05) is 6.42 Å². The van der Waals surface area contributed by atoms with Crippen LogP contribution in [-0.2, 0) is 11.2 Å². The van der Waals surface area contributed by atoms with E-state index in [1.165, 1.54) is 0 Å². The fourth-order valence-electron chi connectivity index (χ4n) is 1.73. The van der Waals surface area contributed by atoms with Gasteiger partial charge in [-0.15, -0.1) is 0 Å². The molecule has 0 heterocycles. The van der Waals surface area contributed by atoms with E-state index in [1.807, 2.05) is 42.5 Å². The standard InChI is InChI=1S/C14H12O3S2/c15-13(16)14(17)19-12(18)8-9-5-6-10-3-1-2-4-11(10)7-9/h1-7,14,17H,8H2,(H,15,16). The summed E-state index contributed by atoms with van der Waals surface area (Å²) in [6.07, 6.45) is 0.467. The molecule has 0 aliphatic rings. The molecule has 2 aromatic carbocycles. The maximum Gasteiger partial charge on any atom is 0.343 e. The number of thioether (sulfide) groups is 1. The van der Waals surface area contributed by atoms with Gasteiger partial charge in [0.2, 0.25) is 5.44 Å². The Morgan fingerprint density at radius 3 is 2.58 bits per heavy atom. The summed E-state index contributed by atoms with van der Waals surface area (Å²) in [5, 5.41) is 20.1. The fourth-order valence-corrected chi connectivity index (χ4v) is 2.77. The largest absolute Gasteiger partial charge is 0.479 e. The van der Waals surface area contributed by atoms with Crippen molar-refractivity contribution >= 4 is 44.9 Å². The molecule has 98 valence electrons. The van der Waals surface area contributed by atoms with Gasteiger partial charge in [-0.3, -0.25) is 0 Å². The van der Waals surface area contributed by atoms with E-state index in [4.69, 9.17) is 17.3 Å². The van der Waals surface area contributed by atoms with E-state index >= 15 is 0 Å². The number of fused-ring (bicyclic) bond motifs is 1. The van der Waals surface area contributed by atoms with Crippen LogP contribution >= 0.6 is 24.0 Å². The van der Waals surface area contributed by atoms with Gasteiger partial charge in [-0.2, -0.15) is 0 Å². The number of aliphatic carboxylic acids is 1. The molecule has 5 heteroatoms. The zero-order chi connectivity index (χ0) is 13.8. The summed E-state index contributed by atoms with van der Waals surface area (Å²) in [4.78, 5) is 10.5. The Morgan fingerprint density at radius 1 is 1.21 bits per heavy atom. The minimum atomic E-state index is -1.49. The van der Waals surface area contributed by atoms with E-state index < -0.39 is 11.4 Å². The SMILES string of the molecule is O=C(O)C(O)SC(=S)Cc1ccc2ccccc2c1. The Balaban J connectivity index is 2.09. The van der Waals surface area contributed by atoms with Crippen molar-refractivity contribution in [1.82, 2.24) is 0 Å². The molecule has 0 saturated carbocycles. The van der Waals surface area contributed by atoms with Crippen molar-refractivity contribution in [2.75, 3.05) is 0 Å². The van der Waals surface area contributed by atoms with Gasteiger partial charge >= 0.3 is 5.97 Å². The lowest BCUT2D eigenvalue weighted by Crippen LogP contribution is -2.17. The lowest BCUT2D eigenvalue weighted by molar-refractivity contribution is -0.141.